The smallest absolute Gasteiger partial charge is 0.282 e. The molecule has 134 valence electrons. The summed E-state index contributed by atoms with van der Waals surface area (Å²) in [6, 6.07) is 4.72. The highest BCUT2D eigenvalue weighted by Gasteiger charge is 2.29. The van der Waals surface area contributed by atoms with Gasteiger partial charge in [-0.15, -0.1) is 0 Å². The lowest BCUT2D eigenvalue weighted by atomic mass is 10.1. The summed E-state index contributed by atoms with van der Waals surface area (Å²) in [6.07, 6.45) is -0.0273. The first-order valence-corrected chi connectivity index (χ1v) is 8.30. The van der Waals surface area contributed by atoms with E-state index in [1.807, 2.05) is 0 Å². The van der Waals surface area contributed by atoms with Crippen molar-refractivity contribution in [1.82, 2.24) is 25.1 Å². The maximum atomic E-state index is 12.6. The van der Waals surface area contributed by atoms with Gasteiger partial charge in [0.2, 0.25) is 10.6 Å². The summed E-state index contributed by atoms with van der Waals surface area (Å²) in [5.74, 6) is 0.470. The van der Waals surface area contributed by atoms with E-state index in [9.17, 15) is 13.2 Å². The number of hydrogen-bond acceptors (Lipinski definition) is 4. The second-order valence-electron chi connectivity index (χ2n) is 5.91. The largest absolute Gasteiger partial charge is 0.416 e. The lowest BCUT2D eigenvalue weighted by molar-refractivity contribution is -0.137. The van der Waals surface area contributed by atoms with Crippen molar-refractivity contribution in [3.63, 3.8) is 0 Å². The standard InChI is InChI=1S/C16H13F3N6S/c17-16(18,19)10-6-4-9(5-7-10)8-20-25-14(23-24-15(25)26)13-11-2-1-3-12(11)21-22-13/h4-8H,1-3H2,(H,21,22)(H,24,26)/b20-8+. The van der Waals surface area contributed by atoms with Crippen LogP contribution < -0.4 is 0 Å². The Labute approximate surface area is 150 Å². The van der Waals surface area contributed by atoms with E-state index in [4.69, 9.17) is 12.2 Å². The predicted octanol–water partition coefficient (Wildman–Crippen LogP) is 3.72. The van der Waals surface area contributed by atoms with Gasteiger partial charge in [0.25, 0.3) is 0 Å². The number of aryl methyl sites for hydroxylation is 1. The number of alkyl halides is 3. The van der Waals surface area contributed by atoms with Gasteiger partial charge in [-0.3, -0.25) is 5.10 Å². The number of aromatic amines is 2. The predicted molar refractivity (Wildman–Crippen MR) is 91.5 cm³/mol. The molecule has 3 aromatic rings. The first-order valence-electron chi connectivity index (χ1n) is 7.89. The second kappa shape index (κ2) is 6.20. The Hall–Kier alpha value is -2.75. The molecule has 2 heterocycles. The molecule has 0 aliphatic heterocycles. The number of H-pyrrole nitrogens is 2. The van der Waals surface area contributed by atoms with Crippen molar-refractivity contribution in [3.8, 4) is 11.5 Å². The van der Waals surface area contributed by atoms with Crippen LogP contribution in [0.4, 0.5) is 13.2 Å². The zero-order valence-electron chi connectivity index (χ0n) is 13.3. The molecular formula is C16H13F3N6S. The van der Waals surface area contributed by atoms with Gasteiger partial charge in [0.15, 0.2) is 0 Å². The molecule has 1 aliphatic rings. The van der Waals surface area contributed by atoms with Crippen molar-refractivity contribution in [3.05, 3.63) is 51.4 Å². The van der Waals surface area contributed by atoms with Crippen molar-refractivity contribution in [2.24, 2.45) is 5.10 Å². The van der Waals surface area contributed by atoms with Gasteiger partial charge in [-0.05, 0) is 49.2 Å². The number of aromatic nitrogens is 5. The van der Waals surface area contributed by atoms with Crippen molar-refractivity contribution in [2.75, 3.05) is 0 Å². The van der Waals surface area contributed by atoms with E-state index in [1.165, 1.54) is 23.0 Å². The SMILES string of the molecule is FC(F)(F)c1ccc(/C=N/n2c(-c3n[nH]c4c3CCC4)n[nH]c2=S)cc1. The molecule has 0 saturated carbocycles. The summed E-state index contributed by atoms with van der Waals surface area (Å²) in [5.41, 5.74) is 2.69. The fourth-order valence-electron chi connectivity index (χ4n) is 2.94. The maximum Gasteiger partial charge on any atom is 0.416 e. The number of rotatable bonds is 3. The van der Waals surface area contributed by atoms with Gasteiger partial charge in [-0.25, -0.2) is 5.10 Å². The highest BCUT2D eigenvalue weighted by atomic mass is 32.1. The number of nitrogens with zero attached hydrogens (tertiary/aromatic N) is 4. The zero-order chi connectivity index (χ0) is 18.3. The topological polar surface area (TPSA) is 74.7 Å². The minimum Gasteiger partial charge on any atom is -0.282 e. The number of halogens is 3. The van der Waals surface area contributed by atoms with Crippen LogP contribution in [0.15, 0.2) is 29.4 Å². The summed E-state index contributed by atoms with van der Waals surface area (Å²) >= 11 is 5.20. The minimum absolute atomic E-state index is 0.276. The van der Waals surface area contributed by atoms with Crippen molar-refractivity contribution in [2.45, 2.75) is 25.4 Å². The molecule has 26 heavy (non-hydrogen) atoms. The first kappa shape index (κ1) is 16.7. The molecule has 0 amide bonds. The van der Waals surface area contributed by atoms with Gasteiger partial charge in [0.05, 0.1) is 11.8 Å². The van der Waals surface area contributed by atoms with Crippen molar-refractivity contribution in [1.29, 1.82) is 0 Å². The molecule has 4 rings (SSSR count). The van der Waals surface area contributed by atoms with Gasteiger partial charge in [-0.2, -0.15) is 33.1 Å². The van der Waals surface area contributed by atoms with E-state index in [0.717, 1.165) is 42.7 Å². The van der Waals surface area contributed by atoms with Gasteiger partial charge < -0.3 is 0 Å². The molecule has 0 fully saturated rings. The molecule has 0 atom stereocenters. The summed E-state index contributed by atoms with van der Waals surface area (Å²) in [6.45, 7) is 0. The zero-order valence-corrected chi connectivity index (χ0v) is 14.2. The molecule has 0 saturated heterocycles. The molecule has 2 N–H and O–H groups in total. The molecule has 10 heteroatoms. The van der Waals surface area contributed by atoms with Crippen LogP contribution in [0.2, 0.25) is 0 Å². The highest BCUT2D eigenvalue weighted by Crippen LogP contribution is 2.30. The van der Waals surface area contributed by atoms with Crippen LogP contribution in [0.3, 0.4) is 0 Å². The molecule has 0 bridgehead atoms. The molecule has 6 nitrogen and oxygen atoms in total. The lowest BCUT2D eigenvalue weighted by Crippen LogP contribution is -2.04. The van der Waals surface area contributed by atoms with Crippen LogP contribution in [0.25, 0.3) is 11.5 Å². The van der Waals surface area contributed by atoms with Crippen LogP contribution in [0.1, 0.15) is 28.8 Å². The quantitative estimate of drug-likeness (QED) is 0.539. The molecule has 2 aromatic heterocycles. The van der Waals surface area contributed by atoms with E-state index in [0.29, 0.717) is 17.1 Å². The fourth-order valence-corrected chi connectivity index (χ4v) is 3.12. The number of fused-ring (bicyclic) bond motifs is 1. The average molecular weight is 378 g/mol. The highest BCUT2D eigenvalue weighted by molar-refractivity contribution is 7.71. The normalized spacial score (nSPS) is 14.3. The van der Waals surface area contributed by atoms with Gasteiger partial charge >= 0.3 is 6.18 Å². The lowest BCUT2D eigenvalue weighted by Gasteiger charge is -2.05. The molecule has 0 radical (unpaired) electrons. The Morgan fingerprint density at radius 2 is 1.88 bits per heavy atom. The summed E-state index contributed by atoms with van der Waals surface area (Å²) < 4.78 is 39.6. The third-order valence-corrected chi connectivity index (χ3v) is 4.49. The first-order chi connectivity index (χ1) is 12.4. The fraction of sp³-hybridized carbons (Fsp3) is 0.250. The van der Waals surface area contributed by atoms with Crippen LogP contribution >= 0.6 is 12.2 Å². The Kier molecular flexibility index (Phi) is 3.98. The van der Waals surface area contributed by atoms with Crippen LogP contribution in [0, 0.1) is 4.77 Å². The summed E-state index contributed by atoms with van der Waals surface area (Å²) in [4.78, 5) is 0. The van der Waals surface area contributed by atoms with E-state index < -0.39 is 11.7 Å². The second-order valence-corrected chi connectivity index (χ2v) is 6.30. The summed E-state index contributed by atoms with van der Waals surface area (Å²) in [7, 11) is 0. The number of nitrogens with one attached hydrogen (secondary N) is 2. The Morgan fingerprint density at radius 1 is 1.12 bits per heavy atom. The van der Waals surface area contributed by atoms with Crippen molar-refractivity contribution < 1.29 is 13.2 Å². The van der Waals surface area contributed by atoms with Gasteiger partial charge in [-0.1, -0.05) is 12.1 Å². The molecule has 1 aromatic carbocycles. The van der Waals surface area contributed by atoms with E-state index in [1.54, 1.807) is 0 Å². The average Bonchev–Trinajstić information content (AvgIpc) is 3.28. The Balaban J connectivity index is 1.66. The number of hydrogen-bond donors (Lipinski definition) is 2. The maximum absolute atomic E-state index is 12.6. The van der Waals surface area contributed by atoms with Crippen LogP contribution in [-0.4, -0.2) is 31.3 Å². The molecule has 0 spiro atoms. The summed E-state index contributed by atoms with van der Waals surface area (Å²) in [5, 5.41) is 18.5. The van der Waals surface area contributed by atoms with Crippen molar-refractivity contribution >= 4 is 18.4 Å². The monoisotopic (exact) mass is 378 g/mol. The van der Waals surface area contributed by atoms with E-state index >= 15 is 0 Å². The van der Waals surface area contributed by atoms with Gasteiger partial charge in [0, 0.05) is 11.3 Å². The van der Waals surface area contributed by atoms with Gasteiger partial charge in [0.1, 0.15) is 5.69 Å². The molecule has 1 aliphatic carbocycles. The Bertz CT molecular complexity index is 1030. The molecule has 0 unspecified atom stereocenters. The third kappa shape index (κ3) is 2.96. The minimum atomic E-state index is -4.36. The molecular weight excluding hydrogens is 365 g/mol. The van der Waals surface area contributed by atoms with Crippen LogP contribution in [-0.2, 0) is 19.0 Å². The van der Waals surface area contributed by atoms with E-state index in [2.05, 4.69) is 25.5 Å². The number of benzene rings is 1. The third-order valence-electron chi connectivity index (χ3n) is 4.23. The Morgan fingerprint density at radius 3 is 2.62 bits per heavy atom. The van der Waals surface area contributed by atoms with E-state index in [-0.39, 0.29) is 4.77 Å². The van der Waals surface area contributed by atoms with Crippen LogP contribution in [0.5, 0.6) is 0 Å².